The number of carbonyl (C=O) groups is 1. The summed E-state index contributed by atoms with van der Waals surface area (Å²) in [5.41, 5.74) is 0.112. The maximum Gasteiger partial charge on any atom is 0.414 e. The summed E-state index contributed by atoms with van der Waals surface area (Å²) in [5.74, 6) is -1.15. The maximum absolute atomic E-state index is 12.5. The lowest BCUT2D eigenvalue weighted by atomic mass is 10.1. The van der Waals surface area contributed by atoms with E-state index in [-0.39, 0.29) is 5.56 Å². The van der Waals surface area contributed by atoms with Crippen LogP contribution in [0, 0.1) is 5.82 Å². The molecule has 0 saturated carbocycles. The molecule has 0 spiro atoms. The van der Waals surface area contributed by atoms with Crippen LogP contribution in [0.1, 0.15) is 17.3 Å². The molecule has 0 aliphatic carbocycles. The first-order chi connectivity index (χ1) is 7.80. The summed E-state index contributed by atoms with van der Waals surface area (Å²) in [6, 6.07) is 4.50. The highest BCUT2D eigenvalue weighted by Crippen LogP contribution is 2.22. The lowest BCUT2D eigenvalue weighted by molar-refractivity contribution is -0.210. The average Bonchev–Trinajstić information content (AvgIpc) is 2.25. The number of hydrogen-bond acceptors (Lipinski definition) is 2. The first kappa shape index (κ1) is 13.6. The number of carbonyl (C=O) groups excluding carboxylic acids is 1. The van der Waals surface area contributed by atoms with Crippen LogP contribution in [0.2, 0.25) is 0 Å². The Kier molecular flexibility index (Phi) is 4.22. The molecule has 2 nitrogen and oxygen atoms in total. The maximum atomic E-state index is 12.5. The smallest absolute Gasteiger partial charge is 0.361 e. The van der Waals surface area contributed by atoms with Crippen molar-refractivity contribution in [3.05, 3.63) is 35.6 Å². The van der Waals surface area contributed by atoms with Gasteiger partial charge in [-0.2, -0.15) is 13.2 Å². The normalized spacial score (nSPS) is 13.5. The van der Waals surface area contributed by atoms with Gasteiger partial charge in [-0.3, -0.25) is 4.79 Å². The van der Waals surface area contributed by atoms with Gasteiger partial charge in [0, 0.05) is 5.56 Å². The van der Waals surface area contributed by atoms with Gasteiger partial charge in [0.15, 0.2) is 11.9 Å². The predicted octanol–water partition coefficient (Wildman–Crippen LogP) is 2.98. The third kappa shape index (κ3) is 4.14. The number of ether oxygens (including phenoxy) is 1. The van der Waals surface area contributed by atoms with Crippen LogP contribution in [0.25, 0.3) is 0 Å². The third-order valence-electron chi connectivity index (χ3n) is 2.09. The highest BCUT2D eigenvalue weighted by molar-refractivity contribution is 5.97. The van der Waals surface area contributed by atoms with Gasteiger partial charge in [-0.1, -0.05) is 0 Å². The second kappa shape index (κ2) is 5.27. The van der Waals surface area contributed by atoms with Gasteiger partial charge in [-0.25, -0.2) is 4.39 Å². The van der Waals surface area contributed by atoms with Crippen LogP contribution in [-0.4, -0.2) is 24.7 Å². The molecule has 1 rings (SSSR count). The van der Waals surface area contributed by atoms with Crippen LogP contribution in [0.3, 0.4) is 0 Å². The molecule has 1 aromatic rings. The van der Waals surface area contributed by atoms with E-state index in [9.17, 15) is 22.4 Å². The van der Waals surface area contributed by atoms with Crippen molar-refractivity contribution in [3.63, 3.8) is 0 Å². The molecule has 1 aromatic carbocycles. The summed E-state index contributed by atoms with van der Waals surface area (Å²) in [5, 5.41) is 0. The van der Waals surface area contributed by atoms with E-state index >= 15 is 0 Å². The molecule has 0 heterocycles. The predicted molar refractivity (Wildman–Crippen MR) is 52.2 cm³/mol. The van der Waals surface area contributed by atoms with Gasteiger partial charge in [-0.05, 0) is 31.2 Å². The Labute approximate surface area is 95.2 Å². The molecule has 0 aromatic heterocycles. The zero-order valence-corrected chi connectivity index (χ0v) is 8.92. The van der Waals surface area contributed by atoms with Crippen LogP contribution in [0.5, 0.6) is 0 Å². The fourth-order valence-corrected chi connectivity index (χ4v) is 1.01. The van der Waals surface area contributed by atoms with Crippen molar-refractivity contribution < 1.29 is 27.1 Å². The van der Waals surface area contributed by atoms with Gasteiger partial charge >= 0.3 is 6.18 Å². The number of ketones is 1. The van der Waals surface area contributed by atoms with Crippen LogP contribution >= 0.6 is 0 Å². The number of alkyl halides is 3. The molecule has 94 valence electrons. The van der Waals surface area contributed by atoms with Crippen LogP contribution in [0.4, 0.5) is 17.6 Å². The molecule has 0 radical (unpaired) electrons. The summed E-state index contributed by atoms with van der Waals surface area (Å²) < 4.78 is 53.1. The molecule has 0 bridgehead atoms. The van der Waals surface area contributed by atoms with E-state index in [1.807, 2.05) is 0 Å². The van der Waals surface area contributed by atoms with Crippen molar-refractivity contribution >= 4 is 5.78 Å². The van der Waals surface area contributed by atoms with Crippen LogP contribution < -0.4 is 0 Å². The molecule has 0 saturated heterocycles. The van der Waals surface area contributed by atoms with Crippen LogP contribution in [-0.2, 0) is 4.74 Å². The van der Waals surface area contributed by atoms with Crippen molar-refractivity contribution in [2.45, 2.75) is 19.2 Å². The zero-order valence-electron chi connectivity index (χ0n) is 8.92. The molecule has 17 heavy (non-hydrogen) atoms. The highest BCUT2D eigenvalue weighted by atomic mass is 19.4. The first-order valence-corrected chi connectivity index (χ1v) is 4.78. The minimum Gasteiger partial charge on any atom is -0.361 e. The van der Waals surface area contributed by atoms with E-state index < -0.39 is 30.5 Å². The molecule has 1 atom stereocenters. The molecule has 0 N–H and O–H groups in total. The third-order valence-corrected chi connectivity index (χ3v) is 2.09. The van der Waals surface area contributed by atoms with Gasteiger partial charge in [0.2, 0.25) is 0 Å². The van der Waals surface area contributed by atoms with Gasteiger partial charge < -0.3 is 4.74 Å². The Hall–Kier alpha value is -1.43. The minimum atomic E-state index is -4.50. The number of halogens is 4. The zero-order chi connectivity index (χ0) is 13.1. The van der Waals surface area contributed by atoms with Gasteiger partial charge in [0.1, 0.15) is 12.4 Å². The van der Waals surface area contributed by atoms with Gasteiger partial charge in [0.05, 0.1) is 0 Å². The molecular formula is C11H10F4O2. The van der Waals surface area contributed by atoms with E-state index in [0.717, 1.165) is 19.1 Å². The molecule has 0 aliphatic rings. The standard InChI is InChI=1S/C11H10F4O2/c1-7(11(13,14)15)17-6-10(16)8-2-4-9(12)5-3-8/h2-5,7H,6H2,1H3. The summed E-state index contributed by atoms with van der Waals surface area (Å²) >= 11 is 0. The molecule has 0 amide bonds. The van der Waals surface area contributed by atoms with Crippen molar-refractivity contribution in [1.82, 2.24) is 0 Å². The van der Waals surface area contributed by atoms with Gasteiger partial charge in [-0.15, -0.1) is 0 Å². The Bertz CT molecular complexity index is 383. The fraction of sp³-hybridized carbons (Fsp3) is 0.364. The number of Topliss-reactive ketones (excluding diaryl/α,β-unsaturated/α-hetero) is 1. The Morgan fingerprint density at radius 2 is 1.82 bits per heavy atom. The second-order valence-corrected chi connectivity index (χ2v) is 3.42. The fourth-order valence-electron chi connectivity index (χ4n) is 1.01. The molecule has 6 heteroatoms. The SMILES string of the molecule is CC(OCC(=O)c1ccc(F)cc1)C(F)(F)F. The monoisotopic (exact) mass is 250 g/mol. The van der Waals surface area contributed by atoms with Gasteiger partial charge in [0.25, 0.3) is 0 Å². The van der Waals surface area contributed by atoms with Crippen molar-refractivity contribution in [2.24, 2.45) is 0 Å². The topological polar surface area (TPSA) is 26.3 Å². The highest BCUT2D eigenvalue weighted by Gasteiger charge is 2.37. The summed E-state index contributed by atoms with van der Waals surface area (Å²) in [4.78, 5) is 11.4. The summed E-state index contributed by atoms with van der Waals surface area (Å²) in [7, 11) is 0. The quantitative estimate of drug-likeness (QED) is 0.606. The second-order valence-electron chi connectivity index (χ2n) is 3.42. The molecule has 0 fully saturated rings. The van der Waals surface area contributed by atoms with E-state index in [0.29, 0.717) is 0 Å². The van der Waals surface area contributed by atoms with Crippen LogP contribution in [0.15, 0.2) is 24.3 Å². The number of rotatable bonds is 4. The first-order valence-electron chi connectivity index (χ1n) is 4.78. The molecule has 1 unspecified atom stereocenters. The van der Waals surface area contributed by atoms with Crippen molar-refractivity contribution in [1.29, 1.82) is 0 Å². The van der Waals surface area contributed by atoms with E-state index in [4.69, 9.17) is 0 Å². The summed E-state index contributed by atoms with van der Waals surface area (Å²) in [6.07, 6.45) is -6.50. The summed E-state index contributed by atoms with van der Waals surface area (Å²) in [6.45, 7) is 0.129. The Morgan fingerprint density at radius 1 is 1.29 bits per heavy atom. The lowest BCUT2D eigenvalue weighted by Crippen LogP contribution is -2.30. The molecule has 0 aliphatic heterocycles. The Balaban J connectivity index is 2.53. The largest absolute Gasteiger partial charge is 0.414 e. The number of benzene rings is 1. The van der Waals surface area contributed by atoms with E-state index in [2.05, 4.69) is 4.74 Å². The lowest BCUT2D eigenvalue weighted by Gasteiger charge is -2.15. The van der Waals surface area contributed by atoms with Crippen molar-refractivity contribution in [3.8, 4) is 0 Å². The minimum absolute atomic E-state index is 0.112. The molecular weight excluding hydrogens is 240 g/mol. The van der Waals surface area contributed by atoms with E-state index in [1.165, 1.54) is 12.1 Å². The Morgan fingerprint density at radius 3 is 2.29 bits per heavy atom. The van der Waals surface area contributed by atoms with Crippen molar-refractivity contribution in [2.75, 3.05) is 6.61 Å². The number of hydrogen-bond donors (Lipinski definition) is 0. The van der Waals surface area contributed by atoms with E-state index in [1.54, 1.807) is 0 Å². The average molecular weight is 250 g/mol.